The fourth-order valence-corrected chi connectivity index (χ4v) is 1.63. The molecule has 1 aliphatic heterocycles. The summed E-state index contributed by atoms with van der Waals surface area (Å²) in [5, 5.41) is 0. The first-order valence-electron chi connectivity index (χ1n) is 2.06. The van der Waals surface area contributed by atoms with Crippen LogP contribution >= 0.6 is 23.4 Å². The molecule has 40 valence electrons. The standard InChI is InChI=1S/C4H5ClOS/c5-4-1-3(6)2-7-4/h4H,1-2H2. The topological polar surface area (TPSA) is 17.1 Å². The maximum absolute atomic E-state index is 10.3. The molecule has 1 saturated heterocycles. The summed E-state index contributed by atoms with van der Waals surface area (Å²) in [4.78, 5) is 10.3. The molecule has 0 saturated carbocycles. The first-order valence-corrected chi connectivity index (χ1v) is 3.55. The van der Waals surface area contributed by atoms with E-state index in [0.29, 0.717) is 12.2 Å². The van der Waals surface area contributed by atoms with Crippen LogP contribution in [0.25, 0.3) is 0 Å². The maximum atomic E-state index is 10.3. The molecule has 1 aliphatic rings. The molecule has 0 N–H and O–H groups in total. The molecule has 1 unspecified atom stereocenters. The molecule has 0 aromatic carbocycles. The van der Waals surface area contributed by atoms with Gasteiger partial charge < -0.3 is 0 Å². The number of carbonyl (C=O) groups is 1. The minimum atomic E-state index is 0.0625. The first-order chi connectivity index (χ1) is 3.29. The van der Waals surface area contributed by atoms with Gasteiger partial charge in [0.05, 0.1) is 10.5 Å². The van der Waals surface area contributed by atoms with E-state index in [-0.39, 0.29) is 10.5 Å². The maximum Gasteiger partial charge on any atom is 0.145 e. The lowest BCUT2D eigenvalue weighted by Crippen LogP contribution is -1.91. The zero-order valence-electron chi connectivity index (χ0n) is 3.69. The lowest BCUT2D eigenvalue weighted by atomic mass is 10.4. The summed E-state index contributed by atoms with van der Waals surface area (Å²) in [7, 11) is 0. The molecule has 0 aromatic rings. The van der Waals surface area contributed by atoms with Crippen LogP contribution in [0.5, 0.6) is 0 Å². The Morgan fingerprint density at radius 2 is 2.57 bits per heavy atom. The van der Waals surface area contributed by atoms with Crippen LogP contribution in [0, 0.1) is 0 Å². The Hall–Kier alpha value is 0.310. The molecule has 0 bridgehead atoms. The smallest absolute Gasteiger partial charge is 0.145 e. The number of ketones is 1. The summed E-state index contributed by atoms with van der Waals surface area (Å²) in [6.07, 6.45) is 0.562. The highest BCUT2D eigenvalue weighted by atomic mass is 35.5. The van der Waals surface area contributed by atoms with Crippen molar-refractivity contribution in [1.29, 1.82) is 0 Å². The van der Waals surface area contributed by atoms with E-state index in [9.17, 15) is 4.79 Å². The van der Waals surface area contributed by atoms with E-state index in [1.54, 1.807) is 0 Å². The van der Waals surface area contributed by atoms with Gasteiger partial charge in [0.25, 0.3) is 0 Å². The van der Waals surface area contributed by atoms with Crippen LogP contribution in [0.2, 0.25) is 0 Å². The second kappa shape index (κ2) is 2.05. The summed E-state index contributed by atoms with van der Waals surface area (Å²) >= 11 is 7.07. The molecular weight excluding hydrogens is 132 g/mol. The Balaban J connectivity index is 2.40. The molecule has 1 rings (SSSR count). The summed E-state index contributed by atoms with van der Waals surface area (Å²) in [5.41, 5.74) is 0. The van der Waals surface area contributed by atoms with Crippen molar-refractivity contribution in [2.24, 2.45) is 0 Å². The minimum absolute atomic E-state index is 0.0625. The lowest BCUT2D eigenvalue weighted by molar-refractivity contribution is -0.115. The van der Waals surface area contributed by atoms with E-state index in [2.05, 4.69) is 0 Å². The zero-order valence-corrected chi connectivity index (χ0v) is 5.26. The largest absolute Gasteiger partial charge is 0.299 e. The van der Waals surface area contributed by atoms with Crippen LogP contribution in [0.15, 0.2) is 0 Å². The number of halogens is 1. The van der Waals surface area contributed by atoms with E-state index in [1.807, 2.05) is 0 Å². The second-order valence-corrected chi connectivity index (χ2v) is 3.44. The fourth-order valence-electron chi connectivity index (χ4n) is 0.480. The van der Waals surface area contributed by atoms with Gasteiger partial charge in [0.15, 0.2) is 0 Å². The van der Waals surface area contributed by atoms with E-state index >= 15 is 0 Å². The molecule has 3 heteroatoms. The third kappa shape index (κ3) is 1.35. The number of rotatable bonds is 0. The van der Waals surface area contributed by atoms with Gasteiger partial charge in [0.1, 0.15) is 5.78 Å². The van der Waals surface area contributed by atoms with Crippen molar-refractivity contribution in [3.05, 3.63) is 0 Å². The molecule has 0 radical (unpaired) electrons. The summed E-state index contributed by atoms with van der Waals surface area (Å²) in [6.45, 7) is 0. The number of thioether (sulfide) groups is 1. The molecule has 0 spiro atoms. The van der Waals surface area contributed by atoms with Crippen LogP contribution in [0.1, 0.15) is 6.42 Å². The van der Waals surface area contributed by atoms with Crippen molar-refractivity contribution in [3.8, 4) is 0 Å². The van der Waals surface area contributed by atoms with Crippen LogP contribution in [0.4, 0.5) is 0 Å². The van der Waals surface area contributed by atoms with Crippen LogP contribution in [-0.2, 0) is 4.79 Å². The average molecular weight is 137 g/mol. The predicted octanol–water partition coefficient (Wildman–Crippen LogP) is 1.26. The van der Waals surface area contributed by atoms with Gasteiger partial charge in [-0.05, 0) is 0 Å². The van der Waals surface area contributed by atoms with Crippen molar-refractivity contribution in [2.45, 2.75) is 11.1 Å². The van der Waals surface area contributed by atoms with Crippen molar-refractivity contribution in [3.63, 3.8) is 0 Å². The first kappa shape index (κ1) is 5.45. The van der Waals surface area contributed by atoms with Gasteiger partial charge in [-0.1, -0.05) is 0 Å². The van der Waals surface area contributed by atoms with Crippen molar-refractivity contribution in [1.82, 2.24) is 0 Å². The zero-order chi connectivity index (χ0) is 5.28. The molecule has 1 fully saturated rings. The Kier molecular flexibility index (Phi) is 1.60. The van der Waals surface area contributed by atoms with Crippen LogP contribution in [0.3, 0.4) is 0 Å². The number of hydrogen-bond acceptors (Lipinski definition) is 2. The van der Waals surface area contributed by atoms with E-state index < -0.39 is 0 Å². The van der Waals surface area contributed by atoms with Crippen LogP contribution < -0.4 is 0 Å². The Bertz CT molecular complexity index is 93.7. The van der Waals surface area contributed by atoms with E-state index in [1.165, 1.54) is 11.8 Å². The molecule has 0 amide bonds. The van der Waals surface area contributed by atoms with Gasteiger partial charge in [-0.2, -0.15) is 0 Å². The predicted molar refractivity (Wildman–Crippen MR) is 31.7 cm³/mol. The highest BCUT2D eigenvalue weighted by Gasteiger charge is 2.19. The molecule has 1 atom stereocenters. The number of carbonyl (C=O) groups excluding carboxylic acids is 1. The molecule has 0 aromatic heterocycles. The third-order valence-corrected chi connectivity index (χ3v) is 2.36. The van der Waals surface area contributed by atoms with Crippen molar-refractivity contribution < 1.29 is 4.79 Å². The Morgan fingerprint density at radius 3 is 2.71 bits per heavy atom. The van der Waals surface area contributed by atoms with Gasteiger partial charge >= 0.3 is 0 Å². The normalized spacial score (nSPS) is 31.6. The van der Waals surface area contributed by atoms with Gasteiger partial charge in [-0.15, -0.1) is 23.4 Å². The van der Waals surface area contributed by atoms with Gasteiger partial charge in [-0.3, -0.25) is 4.79 Å². The lowest BCUT2D eigenvalue weighted by Gasteiger charge is -1.86. The SMILES string of the molecule is O=C1CSC(Cl)C1. The second-order valence-electron chi connectivity index (χ2n) is 1.46. The molecule has 7 heavy (non-hydrogen) atoms. The monoisotopic (exact) mass is 136 g/mol. The highest BCUT2D eigenvalue weighted by molar-refractivity contribution is 8.02. The Morgan fingerprint density at radius 1 is 1.86 bits per heavy atom. The quantitative estimate of drug-likeness (QED) is 0.467. The van der Waals surface area contributed by atoms with Gasteiger partial charge in [-0.25, -0.2) is 0 Å². The number of alkyl halides is 1. The fraction of sp³-hybridized carbons (Fsp3) is 0.750. The van der Waals surface area contributed by atoms with E-state index in [0.717, 1.165) is 0 Å². The highest BCUT2D eigenvalue weighted by Crippen LogP contribution is 2.26. The minimum Gasteiger partial charge on any atom is -0.299 e. The van der Waals surface area contributed by atoms with Gasteiger partial charge in [0.2, 0.25) is 0 Å². The van der Waals surface area contributed by atoms with E-state index in [4.69, 9.17) is 11.6 Å². The molecule has 1 nitrogen and oxygen atoms in total. The van der Waals surface area contributed by atoms with Crippen molar-refractivity contribution >= 4 is 29.1 Å². The Labute approximate surface area is 51.4 Å². The number of Topliss-reactive ketones (excluding diaryl/α,β-unsaturated/α-hetero) is 1. The van der Waals surface area contributed by atoms with Crippen molar-refractivity contribution in [2.75, 3.05) is 5.75 Å². The number of hydrogen-bond donors (Lipinski definition) is 0. The molecule has 0 aliphatic carbocycles. The van der Waals surface area contributed by atoms with Gasteiger partial charge in [0, 0.05) is 6.42 Å². The third-order valence-electron chi connectivity index (χ3n) is 0.813. The summed E-state index contributed by atoms with van der Waals surface area (Å²) < 4.78 is 0.0625. The average Bonchev–Trinajstić information content (AvgIpc) is 1.87. The van der Waals surface area contributed by atoms with Crippen LogP contribution in [-0.4, -0.2) is 16.2 Å². The molecule has 1 heterocycles. The summed E-state index contributed by atoms with van der Waals surface area (Å²) in [5.74, 6) is 0.902. The molecular formula is C4H5ClOS. The summed E-state index contributed by atoms with van der Waals surface area (Å²) in [6, 6.07) is 0.